The first kappa shape index (κ1) is 24.9. The van der Waals surface area contributed by atoms with Gasteiger partial charge in [0.1, 0.15) is 5.82 Å². The van der Waals surface area contributed by atoms with E-state index in [-0.39, 0.29) is 29.7 Å². The van der Waals surface area contributed by atoms with Crippen LogP contribution in [-0.2, 0) is 16.4 Å². The summed E-state index contributed by atoms with van der Waals surface area (Å²) in [6, 6.07) is 4.08. The van der Waals surface area contributed by atoms with E-state index in [1.807, 2.05) is 24.1 Å². The van der Waals surface area contributed by atoms with Crippen molar-refractivity contribution in [2.75, 3.05) is 43.4 Å². The van der Waals surface area contributed by atoms with Crippen LogP contribution in [0.4, 0.5) is 5.82 Å². The first-order valence-electron chi connectivity index (χ1n) is 9.69. The molecular weight excluding hydrogens is 489 g/mol. The molecule has 2 heterocycles. The zero-order valence-electron chi connectivity index (χ0n) is 17.6. The predicted octanol–water partition coefficient (Wildman–Crippen LogP) is 2.52. The second-order valence-corrected chi connectivity index (χ2v) is 10.1. The number of nitrogens with one attached hydrogen (secondary N) is 1. The molecule has 0 radical (unpaired) electrons. The second kappa shape index (κ2) is 10.6. The predicted molar refractivity (Wildman–Crippen MR) is 127 cm³/mol. The Morgan fingerprint density at radius 1 is 1.29 bits per heavy atom. The highest BCUT2D eigenvalue weighted by Crippen LogP contribution is 2.23. The molecule has 0 saturated carbocycles. The highest BCUT2D eigenvalue weighted by Gasteiger charge is 2.40. The fourth-order valence-corrected chi connectivity index (χ4v) is 4.53. The van der Waals surface area contributed by atoms with Crippen LogP contribution in [0.1, 0.15) is 40.2 Å². The van der Waals surface area contributed by atoms with Crippen molar-refractivity contribution >= 4 is 45.6 Å². The minimum absolute atomic E-state index is 0. The largest absolute Gasteiger partial charge is 0.357 e. The van der Waals surface area contributed by atoms with Crippen molar-refractivity contribution in [1.82, 2.24) is 15.2 Å². The Balaban J connectivity index is 0.00000392. The molecule has 1 saturated heterocycles. The number of anilines is 1. The Bertz CT molecular complexity index is 746. The molecule has 7 nitrogen and oxygen atoms in total. The smallest absolute Gasteiger partial charge is 0.194 e. The Labute approximate surface area is 186 Å². The van der Waals surface area contributed by atoms with Crippen molar-refractivity contribution in [1.29, 1.82) is 0 Å². The summed E-state index contributed by atoms with van der Waals surface area (Å²) in [6.07, 6.45) is 1.87. The SMILES string of the molecule is CCNC(=NCc1ccc(N(CC)CC)nc1)N1CCS(=O)(=O)C(C)(C)C1.I. The fourth-order valence-electron chi connectivity index (χ4n) is 3.16. The molecule has 0 spiro atoms. The molecule has 0 atom stereocenters. The lowest BCUT2D eigenvalue weighted by Crippen LogP contribution is -2.57. The summed E-state index contributed by atoms with van der Waals surface area (Å²) in [5.41, 5.74) is 1.03. The van der Waals surface area contributed by atoms with Crippen molar-refractivity contribution in [2.24, 2.45) is 4.99 Å². The molecule has 0 unspecified atom stereocenters. The minimum atomic E-state index is -3.07. The molecule has 160 valence electrons. The van der Waals surface area contributed by atoms with Crippen molar-refractivity contribution in [3.63, 3.8) is 0 Å². The van der Waals surface area contributed by atoms with E-state index in [2.05, 4.69) is 35.1 Å². The van der Waals surface area contributed by atoms with Gasteiger partial charge in [-0.3, -0.25) is 0 Å². The van der Waals surface area contributed by atoms with Crippen LogP contribution in [0.5, 0.6) is 0 Å². The number of nitrogens with zero attached hydrogens (tertiary/aromatic N) is 4. The van der Waals surface area contributed by atoms with Gasteiger partial charge >= 0.3 is 0 Å². The maximum absolute atomic E-state index is 12.2. The molecule has 1 fully saturated rings. The molecule has 9 heteroatoms. The third-order valence-electron chi connectivity index (χ3n) is 4.99. The number of aliphatic imine (C=N–C) groups is 1. The number of pyridine rings is 1. The lowest BCUT2D eigenvalue weighted by molar-refractivity contribution is 0.353. The van der Waals surface area contributed by atoms with Gasteiger partial charge in [0, 0.05) is 38.9 Å². The third-order valence-corrected chi connectivity index (χ3v) is 7.52. The van der Waals surface area contributed by atoms with Gasteiger partial charge in [-0.1, -0.05) is 6.07 Å². The maximum Gasteiger partial charge on any atom is 0.194 e. The molecule has 1 aromatic heterocycles. The second-order valence-electron chi connectivity index (χ2n) is 7.37. The molecule has 28 heavy (non-hydrogen) atoms. The average Bonchev–Trinajstić information content (AvgIpc) is 2.63. The summed E-state index contributed by atoms with van der Waals surface area (Å²) in [5, 5.41) is 3.29. The quantitative estimate of drug-likeness (QED) is 0.351. The van der Waals surface area contributed by atoms with Crippen LogP contribution in [0.25, 0.3) is 0 Å². The van der Waals surface area contributed by atoms with Crippen LogP contribution in [0.15, 0.2) is 23.3 Å². The van der Waals surface area contributed by atoms with Crippen LogP contribution in [0.3, 0.4) is 0 Å². The van der Waals surface area contributed by atoms with Crippen LogP contribution < -0.4 is 10.2 Å². The van der Waals surface area contributed by atoms with E-state index in [1.165, 1.54) is 0 Å². The number of hydrogen-bond donors (Lipinski definition) is 1. The van der Waals surface area contributed by atoms with E-state index >= 15 is 0 Å². The van der Waals surface area contributed by atoms with Gasteiger partial charge in [0.05, 0.1) is 17.0 Å². The number of rotatable bonds is 6. The summed E-state index contributed by atoms with van der Waals surface area (Å²) in [6.45, 7) is 13.8. The normalized spacial score (nSPS) is 18.3. The first-order chi connectivity index (χ1) is 12.7. The lowest BCUT2D eigenvalue weighted by atomic mass is 10.2. The highest BCUT2D eigenvalue weighted by molar-refractivity contribution is 14.0. The van der Waals surface area contributed by atoms with E-state index in [9.17, 15) is 8.42 Å². The van der Waals surface area contributed by atoms with E-state index in [1.54, 1.807) is 13.8 Å². The molecule has 1 aliphatic heterocycles. The number of hydrogen-bond acceptors (Lipinski definition) is 5. The maximum atomic E-state index is 12.2. The monoisotopic (exact) mass is 523 g/mol. The molecule has 0 aromatic carbocycles. The number of halogens is 1. The summed E-state index contributed by atoms with van der Waals surface area (Å²) >= 11 is 0. The van der Waals surface area contributed by atoms with E-state index < -0.39 is 14.6 Å². The van der Waals surface area contributed by atoms with Crippen molar-refractivity contribution in [3.8, 4) is 0 Å². The van der Waals surface area contributed by atoms with E-state index in [0.717, 1.165) is 37.0 Å². The average molecular weight is 523 g/mol. The summed E-state index contributed by atoms with van der Waals surface area (Å²) < 4.78 is 23.7. The van der Waals surface area contributed by atoms with Gasteiger partial charge in [0.2, 0.25) is 0 Å². The zero-order valence-corrected chi connectivity index (χ0v) is 20.8. The third kappa shape index (κ3) is 5.95. The zero-order chi connectivity index (χ0) is 20.1. The van der Waals surface area contributed by atoms with Crippen LogP contribution in [-0.4, -0.2) is 67.5 Å². The molecule has 1 aliphatic rings. The molecule has 0 aliphatic carbocycles. The van der Waals surface area contributed by atoms with Crippen molar-refractivity contribution in [3.05, 3.63) is 23.9 Å². The van der Waals surface area contributed by atoms with Crippen molar-refractivity contribution in [2.45, 2.75) is 45.9 Å². The van der Waals surface area contributed by atoms with Gasteiger partial charge < -0.3 is 15.1 Å². The summed E-state index contributed by atoms with van der Waals surface area (Å²) in [7, 11) is -3.07. The molecule has 1 N–H and O–H groups in total. The molecular formula is C19H34IN5O2S. The molecule has 0 bridgehead atoms. The van der Waals surface area contributed by atoms with Gasteiger partial charge in [0.25, 0.3) is 0 Å². The minimum Gasteiger partial charge on any atom is -0.357 e. The topological polar surface area (TPSA) is 77.9 Å². The number of guanidine groups is 1. The van der Waals surface area contributed by atoms with Crippen LogP contribution in [0, 0.1) is 0 Å². The first-order valence-corrected chi connectivity index (χ1v) is 11.3. The highest BCUT2D eigenvalue weighted by atomic mass is 127. The van der Waals surface area contributed by atoms with Crippen molar-refractivity contribution < 1.29 is 8.42 Å². The van der Waals surface area contributed by atoms with Gasteiger partial charge in [-0.15, -0.1) is 24.0 Å². The summed E-state index contributed by atoms with van der Waals surface area (Å²) in [4.78, 5) is 13.5. The van der Waals surface area contributed by atoms with Gasteiger partial charge in [0.15, 0.2) is 15.8 Å². The molecule has 2 rings (SSSR count). The Morgan fingerprint density at radius 2 is 1.96 bits per heavy atom. The number of sulfone groups is 1. The number of aromatic nitrogens is 1. The van der Waals surface area contributed by atoms with Gasteiger partial charge in [-0.25, -0.2) is 18.4 Å². The van der Waals surface area contributed by atoms with Gasteiger partial charge in [-0.05, 0) is 46.2 Å². The molecule has 1 aromatic rings. The Kier molecular flexibility index (Phi) is 9.45. The van der Waals surface area contributed by atoms with Gasteiger partial charge in [-0.2, -0.15) is 0 Å². The fraction of sp³-hybridized carbons (Fsp3) is 0.684. The standard InChI is InChI=1S/C19H33N5O2S.HI/c1-6-20-18(24-11-12-27(25,26)19(4,5)15-24)22-14-16-9-10-17(21-13-16)23(7-2)8-3;/h9-10,13H,6-8,11-12,14-15H2,1-5H3,(H,20,22);1H. The van der Waals surface area contributed by atoms with E-state index in [4.69, 9.17) is 4.99 Å². The van der Waals surface area contributed by atoms with E-state index in [0.29, 0.717) is 19.6 Å². The van der Waals surface area contributed by atoms with Crippen LogP contribution in [0.2, 0.25) is 0 Å². The Hall–Kier alpha value is -1.10. The lowest BCUT2D eigenvalue weighted by Gasteiger charge is -2.39. The van der Waals surface area contributed by atoms with Crippen LogP contribution >= 0.6 is 24.0 Å². The molecule has 0 amide bonds. The summed E-state index contributed by atoms with van der Waals surface area (Å²) in [5.74, 6) is 1.89. The Morgan fingerprint density at radius 3 is 2.46 bits per heavy atom.